The fraction of sp³-hybridized carbons (Fsp3) is 0.484. The van der Waals surface area contributed by atoms with E-state index in [1.807, 2.05) is 17.9 Å². The molecule has 0 saturated carbocycles. The van der Waals surface area contributed by atoms with Crippen molar-refractivity contribution < 1.29 is 13.6 Å². The van der Waals surface area contributed by atoms with Crippen molar-refractivity contribution in [2.45, 2.75) is 71.5 Å². The van der Waals surface area contributed by atoms with Gasteiger partial charge in [-0.15, -0.1) is 0 Å². The second kappa shape index (κ2) is 10.4. The number of imidazole rings is 1. The van der Waals surface area contributed by atoms with Gasteiger partial charge in [0.15, 0.2) is 5.82 Å². The van der Waals surface area contributed by atoms with Gasteiger partial charge in [0.1, 0.15) is 11.6 Å². The van der Waals surface area contributed by atoms with Crippen molar-refractivity contribution >= 4 is 27.8 Å². The first kappa shape index (κ1) is 26.0. The van der Waals surface area contributed by atoms with E-state index < -0.39 is 0 Å². The number of H-pyrrole nitrogens is 1. The summed E-state index contributed by atoms with van der Waals surface area (Å²) in [6.07, 6.45) is 4.88. The van der Waals surface area contributed by atoms with Gasteiger partial charge in [0.2, 0.25) is 5.91 Å². The number of aromatic nitrogens is 3. The summed E-state index contributed by atoms with van der Waals surface area (Å²) in [6, 6.07) is 9.95. The summed E-state index contributed by atoms with van der Waals surface area (Å²) >= 11 is 0. The first-order valence-corrected chi connectivity index (χ1v) is 14.3. The Bertz CT molecular complexity index is 1520. The highest BCUT2D eigenvalue weighted by atomic mass is 19.1. The summed E-state index contributed by atoms with van der Waals surface area (Å²) < 4.78 is 30.7. The van der Waals surface area contributed by atoms with Crippen LogP contribution in [0, 0.1) is 23.5 Å². The Kier molecular flexibility index (Phi) is 6.91. The lowest BCUT2D eigenvalue weighted by Crippen LogP contribution is -2.42. The van der Waals surface area contributed by atoms with Crippen LogP contribution in [-0.2, 0) is 17.8 Å². The summed E-state index contributed by atoms with van der Waals surface area (Å²) in [5.41, 5.74) is 4.07. The van der Waals surface area contributed by atoms with Crippen molar-refractivity contribution in [2.24, 2.45) is 11.8 Å². The molecule has 0 radical (unpaired) electrons. The molecule has 206 valence electrons. The Labute approximate surface area is 227 Å². The van der Waals surface area contributed by atoms with Crippen LogP contribution in [-0.4, -0.2) is 50.5 Å². The maximum absolute atomic E-state index is 14.3. The molecule has 0 spiro atoms. The van der Waals surface area contributed by atoms with Crippen LogP contribution >= 0.6 is 0 Å². The van der Waals surface area contributed by atoms with E-state index in [4.69, 9.17) is 4.98 Å². The largest absolute Gasteiger partial charge is 0.352 e. The first-order valence-electron chi connectivity index (χ1n) is 14.3. The van der Waals surface area contributed by atoms with Crippen LogP contribution in [0.1, 0.15) is 52.0 Å². The first-order chi connectivity index (χ1) is 18.8. The van der Waals surface area contributed by atoms with E-state index >= 15 is 0 Å². The molecule has 3 atom stereocenters. The van der Waals surface area contributed by atoms with Crippen LogP contribution in [0.2, 0.25) is 0 Å². The second-order valence-electron chi connectivity index (χ2n) is 11.7. The number of benzene rings is 2. The average molecular weight is 534 g/mol. The smallest absolute Gasteiger partial charge is 0.225 e. The molecule has 2 fully saturated rings. The summed E-state index contributed by atoms with van der Waals surface area (Å²) in [7, 11) is 0. The Morgan fingerprint density at radius 1 is 1.08 bits per heavy atom. The molecular weight excluding hydrogens is 496 g/mol. The highest BCUT2D eigenvalue weighted by Gasteiger charge is 2.34. The van der Waals surface area contributed by atoms with Crippen molar-refractivity contribution in [1.29, 1.82) is 0 Å². The number of nitrogens with zero attached hydrogens (tertiary/aromatic N) is 3. The van der Waals surface area contributed by atoms with E-state index in [0.29, 0.717) is 23.9 Å². The average Bonchev–Trinajstić information content (AvgIpc) is 3.70. The number of nitrogens with one attached hydrogen (secondary N) is 2. The normalized spacial score (nSPS) is 20.6. The SMILES string of the molecule is CC(C)[C@H](C)C(=O)N1CCC[C@H]1Cn1c(-c2[nH]c3cc(F)ccc3c2C[C@@H]2CCCN2)nc2cc(F)ccc21. The predicted molar refractivity (Wildman–Crippen MR) is 150 cm³/mol. The van der Waals surface area contributed by atoms with E-state index in [1.54, 1.807) is 6.07 Å². The van der Waals surface area contributed by atoms with Crippen LogP contribution in [0.3, 0.4) is 0 Å². The number of hydrogen-bond donors (Lipinski definition) is 2. The number of aromatic amines is 1. The van der Waals surface area contributed by atoms with Crippen molar-refractivity contribution in [3.05, 3.63) is 53.6 Å². The third-order valence-corrected chi connectivity index (χ3v) is 8.86. The third kappa shape index (κ3) is 4.84. The molecule has 0 aliphatic carbocycles. The third-order valence-electron chi connectivity index (χ3n) is 8.86. The van der Waals surface area contributed by atoms with Gasteiger partial charge in [-0.1, -0.05) is 20.8 Å². The van der Waals surface area contributed by atoms with Gasteiger partial charge < -0.3 is 19.8 Å². The number of carbonyl (C=O) groups is 1. The summed E-state index contributed by atoms with van der Waals surface area (Å²) in [5, 5.41) is 4.57. The van der Waals surface area contributed by atoms with E-state index in [9.17, 15) is 13.6 Å². The number of hydrogen-bond acceptors (Lipinski definition) is 3. The maximum atomic E-state index is 14.3. The minimum Gasteiger partial charge on any atom is -0.352 e. The van der Waals surface area contributed by atoms with E-state index in [2.05, 4.69) is 28.7 Å². The van der Waals surface area contributed by atoms with Crippen LogP contribution in [0.15, 0.2) is 36.4 Å². The zero-order valence-electron chi connectivity index (χ0n) is 22.9. The Morgan fingerprint density at radius 3 is 2.64 bits per heavy atom. The molecule has 2 aromatic carbocycles. The van der Waals surface area contributed by atoms with Crippen LogP contribution < -0.4 is 5.32 Å². The molecule has 6 rings (SSSR count). The van der Waals surface area contributed by atoms with Crippen molar-refractivity contribution in [3.63, 3.8) is 0 Å². The van der Waals surface area contributed by atoms with Gasteiger partial charge in [-0.3, -0.25) is 4.79 Å². The predicted octanol–water partition coefficient (Wildman–Crippen LogP) is 6.04. The van der Waals surface area contributed by atoms with Crippen LogP contribution in [0.25, 0.3) is 33.5 Å². The maximum Gasteiger partial charge on any atom is 0.225 e. The number of carbonyl (C=O) groups excluding carboxylic acids is 1. The molecule has 0 unspecified atom stereocenters. The van der Waals surface area contributed by atoms with Crippen LogP contribution in [0.5, 0.6) is 0 Å². The standard InChI is InChI=1S/C31H37F2N5O/c1-18(2)19(3)31(39)37-13-5-7-23(37)17-38-28-11-9-21(33)15-27(28)36-30(38)29-25(16-22-6-4-12-34-22)24-10-8-20(32)14-26(24)35-29/h8-11,14-15,18-19,22-23,34-35H,4-7,12-13,16-17H2,1-3H3/t19-,22-,23-/m0/s1. The lowest BCUT2D eigenvalue weighted by molar-refractivity contribution is -0.137. The molecular formula is C31H37F2N5O. The number of likely N-dealkylation sites (tertiary alicyclic amines) is 1. The van der Waals surface area contributed by atoms with Gasteiger partial charge in [0.25, 0.3) is 0 Å². The fourth-order valence-corrected chi connectivity index (χ4v) is 6.36. The molecule has 2 N–H and O–H groups in total. The minimum atomic E-state index is -0.337. The highest BCUT2D eigenvalue weighted by Crippen LogP contribution is 2.35. The summed E-state index contributed by atoms with van der Waals surface area (Å²) in [5.74, 6) is 0.486. The molecule has 4 aromatic rings. The molecule has 2 aromatic heterocycles. The molecule has 8 heteroatoms. The molecule has 4 heterocycles. The van der Waals surface area contributed by atoms with Crippen molar-refractivity contribution in [1.82, 2.24) is 24.8 Å². The topological polar surface area (TPSA) is 66.0 Å². The highest BCUT2D eigenvalue weighted by molar-refractivity contribution is 5.91. The lowest BCUT2D eigenvalue weighted by Gasteiger charge is -2.29. The van der Waals surface area contributed by atoms with Crippen molar-refractivity contribution in [2.75, 3.05) is 13.1 Å². The Morgan fingerprint density at radius 2 is 1.87 bits per heavy atom. The zero-order valence-corrected chi connectivity index (χ0v) is 22.9. The van der Waals surface area contributed by atoms with E-state index in [-0.39, 0.29) is 35.4 Å². The van der Waals surface area contributed by atoms with Gasteiger partial charge in [0.05, 0.1) is 16.7 Å². The van der Waals surface area contributed by atoms with Gasteiger partial charge in [0, 0.05) is 48.1 Å². The van der Waals surface area contributed by atoms with Gasteiger partial charge in [-0.05, 0) is 80.5 Å². The quantitative estimate of drug-likeness (QED) is 0.304. The fourth-order valence-electron chi connectivity index (χ4n) is 6.36. The van der Waals surface area contributed by atoms with Gasteiger partial charge in [-0.2, -0.15) is 0 Å². The number of halogens is 2. The minimum absolute atomic E-state index is 0.0293. The summed E-state index contributed by atoms with van der Waals surface area (Å²) in [6.45, 7) is 8.50. The zero-order chi connectivity index (χ0) is 27.3. The van der Waals surface area contributed by atoms with E-state index in [0.717, 1.165) is 72.9 Å². The Hall–Kier alpha value is -3.26. The molecule has 2 saturated heterocycles. The molecule has 2 aliphatic rings. The molecule has 6 nitrogen and oxygen atoms in total. The molecule has 0 bridgehead atoms. The van der Waals surface area contributed by atoms with Gasteiger partial charge >= 0.3 is 0 Å². The molecule has 1 amide bonds. The van der Waals surface area contributed by atoms with Gasteiger partial charge in [-0.25, -0.2) is 13.8 Å². The number of rotatable bonds is 7. The van der Waals surface area contributed by atoms with Crippen LogP contribution in [0.4, 0.5) is 8.78 Å². The number of fused-ring (bicyclic) bond motifs is 2. The lowest BCUT2D eigenvalue weighted by atomic mass is 9.96. The summed E-state index contributed by atoms with van der Waals surface area (Å²) in [4.78, 5) is 23.8. The Balaban J connectivity index is 1.47. The second-order valence-corrected chi connectivity index (χ2v) is 11.7. The number of amides is 1. The molecule has 39 heavy (non-hydrogen) atoms. The monoisotopic (exact) mass is 533 g/mol. The van der Waals surface area contributed by atoms with E-state index in [1.165, 1.54) is 24.3 Å². The molecule has 2 aliphatic heterocycles. The van der Waals surface area contributed by atoms with Crippen molar-refractivity contribution in [3.8, 4) is 11.5 Å².